The van der Waals surface area contributed by atoms with E-state index < -0.39 is 17.6 Å². The van der Waals surface area contributed by atoms with E-state index in [4.69, 9.17) is 9.15 Å². The Hall–Kier alpha value is -3.35. The molecule has 0 aliphatic carbocycles. The average Bonchev–Trinajstić information content (AvgIpc) is 2.97. The molecule has 0 bridgehead atoms. The molecule has 1 heterocycles. The monoisotopic (exact) mass is 356 g/mol. The molecule has 6 nitrogen and oxygen atoms in total. The largest absolute Gasteiger partial charge is 0.494 e. The molecular formula is C19H17FN2O4. The van der Waals surface area contributed by atoms with Gasteiger partial charge in [-0.25, -0.2) is 4.39 Å². The predicted octanol–water partition coefficient (Wildman–Crippen LogP) is 3.35. The predicted molar refractivity (Wildman–Crippen MR) is 93.5 cm³/mol. The van der Waals surface area contributed by atoms with Crippen LogP contribution in [0.25, 0.3) is 11.0 Å². The summed E-state index contributed by atoms with van der Waals surface area (Å²) in [7, 11) is 0. The second-order valence-electron chi connectivity index (χ2n) is 5.54. The fourth-order valence-corrected chi connectivity index (χ4v) is 2.56. The van der Waals surface area contributed by atoms with E-state index in [9.17, 15) is 14.0 Å². The molecule has 26 heavy (non-hydrogen) atoms. The number of carbonyl (C=O) groups is 2. The zero-order valence-electron chi connectivity index (χ0n) is 14.3. The molecule has 0 fully saturated rings. The van der Waals surface area contributed by atoms with Gasteiger partial charge in [-0.2, -0.15) is 0 Å². The number of benzene rings is 2. The molecule has 2 amide bonds. The zero-order valence-corrected chi connectivity index (χ0v) is 14.3. The summed E-state index contributed by atoms with van der Waals surface area (Å²) >= 11 is 0. The van der Waals surface area contributed by atoms with Crippen molar-refractivity contribution >= 4 is 22.8 Å². The van der Waals surface area contributed by atoms with Gasteiger partial charge in [-0.3, -0.25) is 20.4 Å². The van der Waals surface area contributed by atoms with Crippen molar-refractivity contribution in [1.82, 2.24) is 10.9 Å². The number of amides is 2. The highest BCUT2D eigenvalue weighted by molar-refractivity contribution is 6.01. The molecule has 134 valence electrons. The molecule has 0 aliphatic rings. The number of nitrogens with one attached hydrogen (secondary N) is 2. The smallest absolute Gasteiger partial charge is 0.305 e. The standard InChI is InChI=1S/C19H17FN2O4/c1-3-25-12-8-9-16-14(10-12)11(2)17(26-16)19(24)22-21-18(23)13-6-4-5-7-15(13)20/h4-10H,3H2,1-2H3,(H,21,23)(H,22,24). The Morgan fingerprint density at radius 2 is 1.85 bits per heavy atom. The molecule has 0 saturated heterocycles. The molecular weight excluding hydrogens is 339 g/mol. The van der Waals surface area contributed by atoms with Crippen molar-refractivity contribution in [3.63, 3.8) is 0 Å². The highest BCUT2D eigenvalue weighted by Crippen LogP contribution is 2.28. The topological polar surface area (TPSA) is 80.6 Å². The minimum atomic E-state index is -0.760. The van der Waals surface area contributed by atoms with Gasteiger partial charge in [-0.05, 0) is 44.2 Å². The summed E-state index contributed by atoms with van der Waals surface area (Å²) < 4.78 is 24.6. The van der Waals surface area contributed by atoms with Crippen LogP contribution in [0.15, 0.2) is 46.9 Å². The van der Waals surface area contributed by atoms with Crippen molar-refractivity contribution < 1.29 is 23.1 Å². The van der Waals surface area contributed by atoms with Crippen molar-refractivity contribution in [2.24, 2.45) is 0 Å². The molecule has 0 unspecified atom stereocenters. The van der Waals surface area contributed by atoms with Gasteiger partial charge in [-0.1, -0.05) is 12.1 Å². The lowest BCUT2D eigenvalue weighted by Crippen LogP contribution is -2.42. The lowest BCUT2D eigenvalue weighted by molar-refractivity contribution is 0.0829. The molecule has 7 heteroatoms. The second-order valence-corrected chi connectivity index (χ2v) is 5.54. The van der Waals surface area contributed by atoms with Gasteiger partial charge in [0.2, 0.25) is 0 Å². The van der Waals surface area contributed by atoms with Crippen LogP contribution in [0.4, 0.5) is 4.39 Å². The summed E-state index contributed by atoms with van der Waals surface area (Å²) in [5, 5.41) is 0.738. The van der Waals surface area contributed by atoms with E-state index in [0.717, 1.165) is 11.5 Å². The number of carbonyl (C=O) groups excluding carboxylic acids is 2. The van der Waals surface area contributed by atoms with Crippen LogP contribution in [0.1, 0.15) is 33.4 Å². The number of rotatable bonds is 4. The summed E-state index contributed by atoms with van der Waals surface area (Å²) in [5.41, 5.74) is 5.38. The van der Waals surface area contributed by atoms with Gasteiger partial charge in [0.05, 0.1) is 12.2 Å². The quantitative estimate of drug-likeness (QED) is 0.703. The number of ether oxygens (including phenoxy) is 1. The number of halogens is 1. The van der Waals surface area contributed by atoms with Crippen LogP contribution in [0.3, 0.4) is 0 Å². The van der Waals surface area contributed by atoms with E-state index >= 15 is 0 Å². The Morgan fingerprint density at radius 3 is 2.58 bits per heavy atom. The van der Waals surface area contributed by atoms with Gasteiger partial charge < -0.3 is 9.15 Å². The number of hydrogen-bond acceptors (Lipinski definition) is 4. The molecule has 0 radical (unpaired) electrons. The van der Waals surface area contributed by atoms with Gasteiger partial charge in [0.25, 0.3) is 5.91 Å². The molecule has 3 rings (SSSR count). The van der Waals surface area contributed by atoms with Crippen molar-refractivity contribution in [2.75, 3.05) is 6.61 Å². The van der Waals surface area contributed by atoms with Crippen molar-refractivity contribution in [3.05, 3.63) is 65.2 Å². The highest BCUT2D eigenvalue weighted by Gasteiger charge is 2.19. The highest BCUT2D eigenvalue weighted by atomic mass is 19.1. The van der Waals surface area contributed by atoms with E-state index in [2.05, 4.69) is 10.9 Å². The first-order chi connectivity index (χ1) is 12.5. The molecule has 0 aliphatic heterocycles. The van der Waals surface area contributed by atoms with E-state index in [1.807, 2.05) is 6.92 Å². The van der Waals surface area contributed by atoms with E-state index in [0.29, 0.717) is 23.5 Å². The van der Waals surface area contributed by atoms with E-state index in [1.54, 1.807) is 25.1 Å². The van der Waals surface area contributed by atoms with Gasteiger partial charge >= 0.3 is 5.91 Å². The number of fused-ring (bicyclic) bond motifs is 1. The Morgan fingerprint density at radius 1 is 1.12 bits per heavy atom. The van der Waals surface area contributed by atoms with E-state index in [1.165, 1.54) is 18.2 Å². The zero-order chi connectivity index (χ0) is 18.7. The third-order valence-electron chi connectivity index (χ3n) is 3.83. The van der Waals surface area contributed by atoms with Crippen molar-refractivity contribution in [1.29, 1.82) is 0 Å². The maximum atomic E-state index is 13.6. The minimum Gasteiger partial charge on any atom is -0.494 e. The first-order valence-corrected chi connectivity index (χ1v) is 8.02. The molecule has 3 aromatic rings. The maximum Gasteiger partial charge on any atom is 0.305 e. The van der Waals surface area contributed by atoms with Crippen molar-refractivity contribution in [3.8, 4) is 5.75 Å². The Kier molecular flexibility index (Phi) is 4.88. The summed E-state index contributed by atoms with van der Waals surface area (Å²) in [6.07, 6.45) is 0. The Balaban J connectivity index is 1.76. The van der Waals surface area contributed by atoms with Crippen LogP contribution in [-0.2, 0) is 0 Å². The van der Waals surface area contributed by atoms with Crippen LogP contribution >= 0.6 is 0 Å². The fraction of sp³-hybridized carbons (Fsp3) is 0.158. The lowest BCUT2D eigenvalue weighted by atomic mass is 10.1. The van der Waals surface area contributed by atoms with E-state index in [-0.39, 0.29) is 11.3 Å². The number of hydrogen-bond donors (Lipinski definition) is 2. The van der Waals surface area contributed by atoms with Crippen LogP contribution in [0, 0.1) is 12.7 Å². The van der Waals surface area contributed by atoms with Crippen LogP contribution < -0.4 is 15.6 Å². The van der Waals surface area contributed by atoms with Crippen LogP contribution in [0.5, 0.6) is 5.75 Å². The minimum absolute atomic E-state index is 0.0579. The fourth-order valence-electron chi connectivity index (χ4n) is 2.56. The van der Waals surface area contributed by atoms with Gasteiger partial charge in [0.1, 0.15) is 17.1 Å². The third kappa shape index (κ3) is 3.37. The van der Waals surface area contributed by atoms with Crippen LogP contribution in [-0.4, -0.2) is 18.4 Å². The first kappa shape index (κ1) is 17.5. The average molecular weight is 356 g/mol. The normalized spacial score (nSPS) is 10.6. The molecule has 0 spiro atoms. The molecule has 2 aromatic carbocycles. The molecule has 2 N–H and O–H groups in total. The van der Waals surface area contributed by atoms with Gasteiger partial charge in [-0.15, -0.1) is 0 Å². The Labute approximate surface area is 148 Å². The molecule has 0 saturated carbocycles. The summed E-state index contributed by atoms with van der Waals surface area (Å²) in [5.74, 6) is -1.35. The van der Waals surface area contributed by atoms with Gasteiger partial charge in [0.15, 0.2) is 5.76 Å². The van der Waals surface area contributed by atoms with Gasteiger partial charge in [0, 0.05) is 10.9 Å². The Bertz CT molecular complexity index is 981. The summed E-state index contributed by atoms with van der Waals surface area (Å²) in [6, 6.07) is 10.7. The third-order valence-corrected chi connectivity index (χ3v) is 3.83. The lowest BCUT2D eigenvalue weighted by Gasteiger charge is -2.07. The maximum absolute atomic E-state index is 13.6. The first-order valence-electron chi connectivity index (χ1n) is 8.02. The summed E-state index contributed by atoms with van der Waals surface area (Å²) in [6.45, 7) is 4.14. The SMILES string of the molecule is CCOc1ccc2oc(C(=O)NNC(=O)c3ccccc3F)c(C)c2c1. The molecule has 1 aromatic heterocycles. The number of hydrazine groups is 1. The van der Waals surface area contributed by atoms with Crippen LogP contribution in [0.2, 0.25) is 0 Å². The second kappa shape index (κ2) is 7.26. The molecule has 0 atom stereocenters. The van der Waals surface area contributed by atoms with Crippen molar-refractivity contribution in [2.45, 2.75) is 13.8 Å². The number of aryl methyl sites for hydroxylation is 1. The number of furan rings is 1. The summed E-state index contributed by atoms with van der Waals surface area (Å²) in [4.78, 5) is 24.3.